The van der Waals surface area contributed by atoms with E-state index in [1.165, 1.54) is 25.3 Å². The molecule has 0 aromatic heterocycles. The van der Waals surface area contributed by atoms with Gasteiger partial charge in [-0.3, -0.25) is 14.5 Å². The molecule has 2 atom stereocenters. The number of ether oxygens (including phenoxy) is 1. The highest BCUT2D eigenvalue weighted by molar-refractivity contribution is 6.10. The van der Waals surface area contributed by atoms with Gasteiger partial charge >= 0.3 is 0 Å². The number of methoxy groups -OCH3 is 1. The van der Waals surface area contributed by atoms with Crippen LogP contribution in [-0.2, 0) is 11.3 Å². The van der Waals surface area contributed by atoms with E-state index in [0.717, 1.165) is 30.2 Å². The summed E-state index contributed by atoms with van der Waals surface area (Å²) in [6, 6.07) is 21.1. The Labute approximate surface area is 200 Å². The topological polar surface area (TPSA) is 70.7 Å². The summed E-state index contributed by atoms with van der Waals surface area (Å²) in [5.74, 6) is 0.200. The summed E-state index contributed by atoms with van der Waals surface area (Å²) >= 11 is 0. The fourth-order valence-electron chi connectivity index (χ4n) is 5.74. The van der Waals surface area contributed by atoms with Crippen molar-refractivity contribution in [3.8, 4) is 5.75 Å². The van der Waals surface area contributed by atoms with Gasteiger partial charge < -0.3 is 15.4 Å². The molecule has 2 heterocycles. The van der Waals surface area contributed by atoms with Crippen LogP contribution in [0.3, 0.4) is 0 Å². The monoisotopic (exact) mass is 457 g/mol. The molecule has 6 heteroatoms. The van der Waals surface area contributed by atoms with Gasteiger partial charge in [-0.05, 0) is 37.3 Å². The van der Waals surface area contributed by atoms with E-state index in [0.29, 0.717) is 29.1 Å². The molecule has 3 aromatic carbocycles. The second kappa shape index (κ2) is 9.47. The minimum atomic E-state index is -0.177. The fourth-order valence-corrected chi connectivity index (χ4v) is 5.74. The molecule has 2 unspecified atom stereocenters. The van der Waals surface area contributed by atoms with E-state index in [1.54, 1.807) is 13.2 Å². The van der Waals surface area contributed by atoms with Gasteiger partial charge in [0, 0.05) is 48.1 Å². The number of benzene rings is 3. The van der Waals surface area contributed by atoms with Crippen LogP contribution in [0.4, 0.5) is 5.69 Å². The SMILES string of the molecule is COc1c(C(=O)NC2CC3CCC(C2)N3Cc2ccccc2)cc(NC(C)=O)c2ccccc12. The molecule has 2 fully saturated rings. The molecule has 5 rings (SSSR count). The van der Waals surface area contributed by atoms with E-state index in [9.17, 15) is 9.59 Å². The third-order valence-electron chi connectivity index (χ3n) is 7.18. The lowest BCUT2D eigenvalue weighted by atomic mass is 9.95. The Morgan fingerprint density at radius 2 is 1.62 bits per heavy atom. The zero-order valence-electron chi connectivity index (χ0n) is 19.7. The van der Waals surface area contributed by atoms with Gasteiger partial charge in [-0.15, -0.1) is 0 Å². The number of carbonyl (C=O) groups is 2. The summed E-state index contributed by atoms with van der Waals surface area (Å²) in [6.45, 7) is 2.44. The van der Waals surface area contributed by atoms with Gasteiger partial charge in [-0.25, -0.2) is 0 Å². The summed E-state index contributed by atoms with van der Waals surface area (Å²) in [5, 5.41) is 7.80. The van der Waals surface area contributed by atoms with E-state index < -0.39 is 0 Å². The summed E-state index contributed by atoms with van der Waals surface area (Å²) < 4.78 is 5.69. The molecule has 3 aromatic rings. The molecule has 6 nitrogen and oxygen atoms in total. The second-order valence-electron chi connectivity index (χ2n) is 9.42. The number of hydrogen-bond donors (Lipinski definition) is 2. The van der Waals surface area contributed by atoms with Crippen LogP contribution in [0.25, 0.3) is 10.8 Å². The van der Waals surface area contributed by atoms with Gasteiger partial charge in [0.25, 0.3) is 5.91 Å². The summed E-state index contributed by atoms with van der Waals surface area (Å²) in [5.41, 5.74) is 2.41. The lowest BCUT2D eigenvalue weighted by Crippen LogP contribution is -2.50. The van der Waals surface area contributed by atoms with Gasteiger partial charge in [0.2, 0.25) is 5.91 Å². The van der Waals surface area contributed by atoms with E-state index in [1.807, 2.05) is 24.3 Å². The summed E-state index contributed by atoms with van der Waals surface area (Å²) in [4.78, 5) is 27.9. The first-order chi connectivity index (χ1) is 16.5. The molecule has 2 aliphatic rings. The molecule has 0 aliphatic carbocycles. The molecule has 0 saturated carbocycles. The first kappa shape index (κ1) is 22.4. The van der Waals surface area contributed by atoms with Gasteiger partial charge in [0.15, 0.2) is 0 Å². The Bertz CT molecular complexity index is 1200. The molecular weight excluding hydrogens is 426 g/mol. The van der Waals surface area contributed by atoms with Crippen LogP contribution in [-0.4, -0.2) is 41.9 Å². The normalized spacial score (nSPS) is 21.9. The van der Waals surface area contributed by atoms with Crippen molar-refractivity contribution in [2.45, 2.75) is 57.3 Å². The third-order valence-corrected chi connectivity index (χ3v) is 7.18. The Morgan fingerprint density at radius 1 is 0.971 bits per heavy atom. The van der Waals surface area contributed by atoms with E-state index >= 15 is 0 Å². The predicted molar refractivity (Wildman–Crippen MR) is 134 cm³/mol. The summed E-state index contributed by atoms with van der Waals surface area (Å²) in [6.07, 6.45) is 4.25. The molecule has 2 amide bonds. The Balaban J connectivity index is 1.36. The van der Waals surface area contributed by atoms with Crippen LogP contribution >= 0.6 is 0 Å². The zero-order valence-corrected chi connectivity index (χ0v) is 19.7. The third kappa shape index (κ3) is 4.38. The molecule has 0 radical (unpaired) electrons. The largest absolute Gasteiger partial charge is 0.495 e. The number of rotatable bonds is 6. The minimum Gasteiger partial charge on any atom is -0.495 e. The number of amides is 2. The molecule has 2 bridgehead atoms. The minimum absolute atomic E-state index is 0.123. The Hall–Kier alpha value is -3.38. The smallest absolute Gasteiger partial charge is 0.255 e. The number of nitrogens with one attached hydrogen (secondary N) is 2. The maximum absolute atomic E-state index is 13.5. The molecule has 2 N–H and O–H groups in total. The van der Waals surface area contributed by atoms with Gasteiger partial charge in [0.1, 0.15) is 5.75 Å². The molecule has 176 valence electrons. The molecular formula is C28H31N3O3. The van der Waals surface area contributed by atoms with Crippen LogP contribution < -0.4 is 15.4 Å². The van der Waals surface area contributed by atoms with Crippen LogP contribution in [0, 0.1) is 0 Å². The molecule has 34 heavy (non-hydrogen) atoms. The highest BCUT2D eigenvalue weighted by atomic mass is 16.5. The Kier molecular flexibility index (Phi) is 6.24. The maximum Gasteiger partial charge on any atom is 0.255 e. The van der Waals surface area contributed by atoms with Crippen LogP contribution in [0.15, 0.2) is 60.7 Å². The lowest BCUT2D eigenvalue weighted by molar-refractivity contribution is -0.114. The number of hydrogen-bond acceptors (Lipinski definition) is 4. The van der Waals surface area contributed by atoms with Gasteiger partial charge in [-0.2, -0.15) is 0 Å². The number of piperidine rings is 1. The average Bonchev–Trinajstić information content (AvgIpc) is 3.06. The van der Waals surface area contributed by atoms with Crippen molar-refractivity contribution in [2.75, 3.05) is 12.4 Å². The number of anilines is 1. The quantitative estimate of drug-likeness (QED) is 0.561. The van der Waals surface area contributed by atoms with Gasteiger partial charge in [0.05, 0.1) is 12.7 Å². The van der Waals surface area contributed by atoms with Crippen LogP contribution in [0.5, 0.6) is 5.75 Å². The highest BCUT2D eigenvalue weighted by Crippen LogP contribution is 2.38. The lowest BCUT2D eigenvalue weighted by Gasteiger charge is -2.39. The van der Waals surface area contributed by atoms with E-state index in [4.69, 9.17) is 4.74 Å². The first-order valence-electron chi connectivity index (χ1n) is 12.0. The average molecular weight is 458 g/mol. The summed E-state index contributed by atoms with van der Waals surface area (Å²) in [7, 11) is 1.58. The van der Waals surface area contributed by atoms with E-state index in [-0.39, 0.29) is 17.9 Å². The number of carbonyl (C=O) groups excluding carboxylic acids is 2. The fraction of sp³-hybridized carbons (Fsp3) is 0.357. The van der Waals surface area contributed by atoms with Crippen molar-refractivity contribution in [2.24, 2.45) is 0 Å². The molecule has 2 aliphatic heterocycles. The molecule has 2 saturated heterocycles. The van der Waals surface area contributed by atoms with Crippen molar-refractivity contribution >= 4 is 28.3 Å². The maximum atomic E-state index is 13.5. The van der Waals surface area contributed by atoms with Crippen LogP contribution in [0.1, 0.15) is 48.5 Å². The second-order valence-corrected chi connectivity index (χ2v) is 9.42. The zero-order chi connectivity index (χ0) is 23.7. The van der Waals surface area contributed by atoms with Gasteiger partial charge in [-0.1, -0.05) is 54.6 Å². The van der Waals surface area contributed by atoms with Crippen molar-refractivity contribution in [3.05, 3.63) is 71.8 Å². The van der Waals surface area contributed by atoms with Crippen molar-refractivity contribution in [1.82, 2.24) is 10.2 Å². The number of fused-ring (bicyclic) bond motifs is 3. The predicted octanol–water partition coefficient (Wildman–Crippen LogP) is 4.73. The van der Waals surface area contributed by atoms with Crippen molar-refractivity contribution in [3.63, 3.8) is 0 Å². The van der Waals surface area contributed by atoms with Crippen LogP contribution in [0.2, 0.25) is 0 Å². The number of nitrogens with zero attached hydrogens (tertiary/aromatic N) is 1. The highest BCUT2D eigenvalue weighted by Gasteiger charge is 2.41. The standard InChI is InChI=1S/C28H31N3O3/c1-18(32)29-26-16-25(27(34-2)24-11-7-6-10-23(24)26)28(33)30-20-14-21-12-13-22(15-20)31(21)17-19-8-4-3-5-9-19/h3-11,16,20-22H,12-15,17H2,1-2H3,(H,29,32)(H,30,33). The van der Waals surface area contributed by atoms with Crippen molar-refractivity contribution in [1.29, 1.82) is 0 Å². The van der Waals surface area contributed by atoms with E-state index in [2.05, 4.69) is 45.9 Å². The molecule has 0 spiro atoms. The van der Waals surface area contributed by atoms with Crippen molar-refractivity contribution < 1.29 is 14.3 Å². The Morgan fingerprint density at radius 3 is 2.26 bits per heavy atom. The first-order valence-corrected chi connectivity index (χ1v) is 12.0.